The van der Waals surface area contributed by atoms with E-state index in [-0.39, 0.29) is 10.9 Å². The molecular weight excluding hydrogens is 326 g/mol. The van der Waals surface area contributed by atoms with Crippen molar-refractivity contribution < 1.29 is 17.9 Å². The second-order valence-electron chi connectivity index (χ2n) is 7.07. The number of nitrogens with one attached hydrogen (secondary N) is 1. The van der Waals surface area contributed by atoms with Crippen molar-refractivity contribution >= 4 is 10.0 Å². The summed E-state index contributed by atoms with van der Waals surface area (Å²) in [7, 11) is -0.565. The van der Waals surface area contributed by atoms with Gasteiger partial charge < -0.3 is 9.47 Å². The Morgan fingerprint density at radius 1 is 1.12 bits per heavy atom. The molecule has 1 fully saturated rings. The van der Waals surface area contributed by atoms with E-state index < -0.39 is 10.0 Å². The fourth-order valence-electron chi connectivity index (χ4n) is 3.59. The van der Waals surface area contributed by atoms with Crippen LogP contribution < -0.4 is 14.2 Å². The third-order valence-corrected chi connectivity index (χ3v) is 6.48. The summed E-state index contributed by atoms with van der Waals surface area (Å²) in [4.78, 5) is 0.209. The lowest BCUT2D eigenvalue weighted by Crippen LogP contribution is -2.45. The molecule has 6 heteroatoms. The van der Waals surface area contributed by atoms with E-state index in [1.807, 2.05) is 0 Å². The SMILES string of the molecule is COc1ccc(S(=O)(=O)N[C@@H]2C[C@@H](C)CC[C@H]2C(C)C)cc1OC. The molecule has 1 saturated carbocycles. The van der Waals surface area contributed by atoms with Crippen LogP contribution in [0.1, 0.15) is 40.0 Å². The summed E-state index contributed by atoms with van der Waals surface area (Å²) in [5.41, 5.74) is 0. The van der Waals surface area contributed by atoms with Crippen LogP contribution in [0.4, 0.5) is 0 Å². The van der Waals surface area contributed by atoms with Gasteiger partial charge in [-0.05, 0) is 42.7 Å². The topological polar surface area (TPSA) is 64.6 Å². The van der Waals surface area contributed by atoms with Gasteiger partial charge in [0.1, 0.15) is 0 Å². The molecule has 0 radical (unpaired) electrons. The van der Waals surface area contributed by atoms with Crippen LogP contribution in [-0.2, 0) is 10.0 Å². The molecule has 2 rings (SSSR count). The van der Waals surface area contributed by atoms with E-state index in [0.717, 1.165) is 19.3 Å². The lowest BCUT2D eigenvalue weighted by atomic mass is 9.74. The smallest absolute Gasteiger partial charge is 0.240 e. The van der Waals surface area contributed by atoms with Crippen molar-refractivity contribution in [3.8, 4) is 11.5 Å². The van der Waals surface area contributed by atoms with Crippen molar-refractivity contribution in [2.45, 2.75) is 51.0 Å². The molecule has 0 saturated heterocycles. The van der Waals surface area contributed by atoms with Crippen molar-refractivity contribution in [1.29, 1.82) is 0 Å². The number of hydrogen-bond acceptors (Lipinski definition) is 4. The van der Waals surface area contributed by atoms with Crippen LogP contribution in [0, 0.1) is 17.8 Å². The standard InChI is InChI=1S/C18H29NO4S/c1-12(2)15-8-6-13(3)10-16(15)19-24(20,21)14-7-9-17(22-4)18(11-14)23-5/h7,9,11-13,15-16,19H,6,8,10H2,1-5H3/t13-,15-,16+/m0/s1. The molecule has 1 aliphatic rings. The molecule has 1 N–H and O–H groups in total. The zero-order valence-corrected chi connectivity index (χ0v) is 16.0. The van der Waals surface area contributed by atoms with Gasteiger partial charge in [-0.2, -0.15) is 0 Å². The molecule has 136 valence electrons. The molecule has 0 heterocycles. The van der Waals surface area contributed by atoms with Crippen LogP contribution in [0.5, 0.6) is 11.5 Å². The van der Waals surface area contributed by atoms with Crippen LogP contribution in [0.2, 0.25) is 0 Å². The summed E-state index contributed by atoms with van der Waals surface area (Å²) < 4.78 is 39.0. The van der Waals surface area contributed by atoms with Gasteiger partial charge in [-0.15, -0.1) is 0 Å². The highest BCUT2D eigenvalue weighted by Gasteiger charge is 2.34. The molecule has 0 bridgehead atoms. The highest BCUT2D eigenvalue weighted by molar-refractivity contribution is 7.89. The Bertz CT molecular complexity index is 657. The summed E-state index contributed by atoms with van der Waals surface area (Å²) in [5.74, 6) is 2.30. The van der Waals surface area contributed by atoms with Crippen LogP contribution >= 0.6 is 0 Å². The van der Waals surface area contributed by atoms with Gasteiger partial charge >= 0.3 is 0 Å². The Morgan fingerprint density at radius 2 is 1.79 bits per heavy atom. The average molecular weight is 356 g/mol. The van der Waals surface area contributed by atoms with Crippen LogP contribution in [0.25, 0.3) is 0 Å². The van der Waals surface area contributed by atoms with E-state index >= 15 is 0 Å². The van der Waals surface area contributed by atoms with E-state index in [1.54, 1.807) is 12.1 Å². The summed E-state index contributed by atoms with van der Waals surface area (Å²) in [6.45, 7) is 6.52. The normalized spacial score (nSPS) is 24.8. The van der Waals surface area contributed by atoms with Crippen molar-refractivity contribution in [1.82, 2.24) is 4.72 Å². The maximum absolute atomic E-state index is 12.8. The van der Waals surface area contributed by atoms with E-state index in [0.29, 0.717) is 29.3 Å². The highest BCUT2D eigenvalue weighted by Crippen LogP contribution is 2.35. The zero-order chi connectivity index (χ0) is 17.9. The predicted octanol–water partition coefficient (Wildman–Crippen LogP) is 3.44. The molecule has 24 heavy (non-hydrogen) atoms. The summed E-state index contributed by atoms with van der Waals surface area (Å²) >= 11 is 0. The third-order valence-electron chi connectivity index (χ3n) is 4.99. The minimum absolute atomic E-state index is 0.0214. The predicted molar refractivity (Wildman–Crippen MR) is 95.0 cm³/mol. The van der Waals surface area contributed by atoms with Crippen LogP contribution in [-0.4, -0.2) is 28.7 Å². The first-order valence-electron chi connectivity index (χ1n) is 8.52. The average Bonchev–Trinajstić information content (AvgIpc) is 2.53. The molecule has 0 unspecified atom stereocenters. The Labute approximate surface area is 145 Å². The first-order valence-corrected chi connectivity index (χ1v) is 10.0. The van der Waals surface area contributed by atoms with Crippen LogP contribution in [0.15, 0.2) is 23.1 Å². The molecular formula is C18H29NO4S. The molecule has 5 nitrogen and oxygen atoms in total. The molecule has 3 atom stereocenters. The number of methoxy groups -OCH3 is 2. The fourth-order valence-corrected chi connectivity index (χ4v) is 4.90. The molecule has 1 aromatic rings. The van der Waals surface area contributed by atoms with E-state index in [2.05, 4.69) is 25.5 Å². The Morgan fingerprint density at radius 3 is 2.38 bits per heavy atom. The van der Waals surface area contributed by atoms with Gasteiger partial charge in [0, 0.05) is 12.1 Å². The number of sulfonamides is 1. The van der Waals surface area contributed by atoms with Gasteiger partial charge in [-0.1, -0.05) is 27.2 Å². The lowest BCUT2D eigenvalue weighted by molar-refractivity contribution is 0.188. The minimum Gasteiger partial charge on any atom is -0.493 e. The van der Waals surface area contributed by atoms with Gasteiger partial charge in [0.15, 0.2) is 11.5 Å². The van der Waals surface area contributed by atoms with E-state index in [9.17, 15) is 8.42 Å². The van der Waals surface area contributed by atoms with Crippen molar-refractivity contribution in [3.05, 3.63) is 18.2 Å². The Balaban J connectivity index is 2.26. The van der Waals surface area contributed by atoms with E-state index in [4.69, 9.17) is 9.47 Å². The first kappa shape index (κ1) is 19.1. The van der Waals surface area contributed by atoms with Crippen LogP contribution in [0.3, 0.4) is 0 Å². The van der Waals surface area contributed by atoms with Gasteiger partial charge in [0.25, 0.3) is 0 Å². The van der Waals surface area contributed by atoms with Gasteiger partial charge in [-0.25, -0.2) is 13.1 Å². The molecule has 1 aliphatic carbocycles. The van der Waals surface area contributed by atoms with Gasteiger partial charge in [-0.3, -0.25) is 0 Å². The maximum atomic E-state index is 12.8. The second kappa shape index (κ2) is 7.74. The Hall–Kier alpha value is -1.27. The fraction of sp³-hybridized carbons (Fsp3) is 0.667. The molecule has 0 aromatic heterocycles. The highest BCUT2D eigenvalue weighted by atomic mass is 32.2. The Kier molecular flexibility index (Phi) is 6.15. The van der Waals surface area contributed by atoms with Crippen molar-refractivity contribution in [2.75, 3.05) is 14.2 Å². The largest absolute Gasteiger partial charge is 0.493 e. The quantitative estimate of drug-likeness (QED) is 0.849. The molecule has 0 amide bonds. The van der Waals surface area contributed by atoms with Crippen molar-refractivity contribution in [2.24, 2.45) is 17.8 Å². The molecule has 1 aromatic carbocycles. The second-order valence-corrected chi connectivity index (χ2v) is 8.78. The van der Waals surface area contributed by atoms with Gasteiger partial charge in [0.2, 0.25) is 10.0 Å². The first-order chi connectivity index (χ1) is 11.3. The van der Waals surface area contributed by atoms with Crippen molar-refractivity contribution in [3.63, 3.8) is 0 Å². The monoisotopic (exact) mass is 355 g/mol. The minimum atomic E-state index is -3.59. The molecule has 0 spiro atoms. The summed E-state index contributed by atoms with van der Waals surface area (Å²) in [5, 5.41) is 0. The number of benzene rings is 1. The molecule has 0 aliphatic heterocycles. The van der Waals surface area contributed by atoms with Gasteiger partial charge in [0.05, 0.1) is 19.1 Å². The number of ether oxygens (including phenoxy) is 2. The zero-order valence-electron chi connectivity index (χ0n) is 15.2. The number of hydrogen-bond donors (Lipinski definition) is 1. The summed E-state index contributed by atoms with van der Waals surface area (Å²) in [6.07, 6.45) is 3.12. The summed E-state index contributed by atoms with van der Waals surface area (Å²) in [6, 6.07) is 4.67. The maximum Gasteiger partial charge on any atom is 0.240 e. The van der Waals surface area contributed by atoms with E-state index in [1.165, 1.54) is 20.3 Å². The number of rotatable bonds is 6. The third kappa shape index (κ3) is 4.22. The lowest BCUT2D eigenvalue weighted by Gasteiger charge is -2.37.